The van der Waals surface area contributed by atoms with Crippen LogP contribution in [0.15, 0.2) is 16.5 Å². The summed E-state index contributed by atoms with van der Waals surface area (Å²) in [6.45, 7) is 11.7. The number of nitrogens with two attached hydrogens (primary N) is 1. The zero-order chi connectivity index (χ0) is 24.3. The van der Waals surface area contributed by atoms with Crippen LogP contribution < -0.4 is 10.5 Å². The normalized spacial score (nSPS) is 19.1. The molecule has 0 saturated carbocycles. The topological polar surface area (TPSA) is 133 Å². The molecule has 11 nitrogen and oxygen atoms in total. The van der Waals surface area contributed by atoms with Crippen LogP contribution in [0.4, 0.5) is 0 Å². The number of morpholine rings is 1. The van der Waals surface area contributed by atoms with E-state index in [-0.39, 0.29) is 6.10 Å². The molecule has 1 saturated heterocycles. The Morgan fingerprint density at radius 2 is 2.12 bits per heavy atom. The fraction of sp³-hybridized carbons (Fsp3) is 0.565. The molecule has 1 fully saturated rings. The van der Waals surface area contributed by atoms with E-state index < -0.39 is 5.60 Å². The Bertz CT molecular complexity index is 1170. The standard InChI is InChI=1S/C23H31N7O4/c1-5-29-9-10-32-15(13-29)14-33-18-12-25-16(7-8-23(3,4)31)20-21(18)30(6-2)22(26-20)17-11-19(24)28-34-27-17/h12,15,31H,5-6,9-11,13-14H2,1-4H3,(H2,24,28)/t15-/m0/s1. The van der Waals surface area contributed by atoms with Crippen LogP contribution >= 0.6 is 0 Å². The largest absolute Gasteiger partial charge is 0.487 e. The van der Waals surface area contributed by atoms with E-state index in [4.69, 9.17) is 25.1 Å². The number of nitrogens with zero attached hydrogens (tertiary/aromatic N) is 6. The van der Waals surface area contributed by atoms with E-state index >= 15 is 0 Å². The van der Waals surface area contributed by atoms with Gasteiger partial charge in [-0.3, -0.25) is 4.90 Å². The van der Waals surface area contributed by atoms with Gasteiger partial charge < -0.3 is 24.9 Å². The molecule has 0 aliphatic carbocycles. The third-order valence-corrected chi connectivity index (χ3v) is 5.55. The summed E-state index contributed by atoms with van der Waals surface area (Å²) in [5, 5.41) is 17.8. The van der Waals surface area contributed by atoms with Gasteiger partial charge in [-0.2, -0.15) is 0 Å². The van der Waals surface area contributed by atoms with E-state index in [1.165, 1.54) is 0 Å². The lowest BCUT2D eigenvalue weighted by Gasteiger charge is -2.31. The van der Waals surface area contributed by atoms with E-state index in [1.807, 2.05) is 11.5 Å². The van der Waals surface area contributed by atoms with Gasteiger partial charge in [0.2, 0.25) is 0 Å². The molecule has 0 bridgehead atoms. The number of rotatable bonds is 6. The van der Waals surface area contributed by atoms with Crippen molar-refractivity contribution in [1.82, 2.24) is 19.4 Å². The lowest BCUT2D eigenvalue weighted by molar-refractivity contribution is -0.0462. The maximum Gasteiger partial charge on any atom is 0.163 e. The monoisotopic (exact) mass is 469 g/mol. The lowest BCUT2D eigenvalue weighted by atomic mass is 10.1. The number of amidine groups is 1. The summed E-state index contributed by atoms with van der Waals surface area (Å²) in [5.41, 5.74) is 6.95. The fourth-order valence-corrected chi connectivity index (χ4v) is 3.88. The molecule has 0 unspecified atom stereocenters. The molecule has 0 amide bonds. The van der Waals surface area contributed by atoms with Crippen molar-refractivity contribution < 1.29 is 19.5 Å². The molecule has 2 aromatic heterocycles. The minimum absolute atomic E-state index is 0.0389. The van der Waals surface area contributed by atoms with Crippen molar-refractivity contribution in [3.05, 3.63) is 17.7 Å². The molecule has 0 aromatic carbocycles. The maximum absolute atomic E-state index is 10.1. The smallest absolute Gasteiger partial charge is 0.163 e. The first-order chi connectivity index (χ1) is 16.3. The van der Waals surface area contributed by atoms with Crippen LogP contribution in [0.1, 0.15) is 45.6 Å². The van der Waals surface area contributed by atoms with E-state index in [0.29, 0.717) is 60.5 Å². The second-order valence-corrected chi connectivity index (χ2v) is 8.73. The van der Waals surface area contributed by atoms with Gasteiger partial charge in [0.15, 0.2) is 11.6 Å². The van der Waals surface area contributed by atoms with E-state index in [0.717, 1.165) is 25.2 Å². The Balaban J connectivity index is 1.75. The second kappa shape index (κ2) is 9.97. The summed E-state index contributed by atoms with van der Waals surface area (Å²) in [4.78, 5) is 16.5. The minimum atomic E-state index is -1.17. The molecule has 2 aromatic rings. The first-order valence-electron chi connectivity index (χ1n) is 11.5. The molecule has 3 N–H and O–H groups in total. The Kier molecular flexibility index (Phi) is 7.02. The lowest BCUT2D eigenvalue weighted by Crippen LogP contribution is -2.44. The van der Waals surface area contributed by atoms with Crippen LogP contribution in [0.25, 0.3) is 11.0 Å². The van der Waals surface area contributed by atoms with Crippen molar-refractivity contribution >= 4 is 22.6 Å². The van der Waals surface area contributed by atoms with Gasteiger partial charge in [-0.05, 0) is 38.4 Å². The molecule has 34 heavy (non-hydrogen) atoms. The molecular formula is C23H31N7O4. The SMILES string of the molecule is CCN1CCO[C@H](COc2cnc(C#CC(C)(C)O)c3nc(C4=NON=C(N)C4)n(CC)c23)C1. The summed E-state index contributed by atoms with van der Waals surface area (Å²) in [5.74, 6) is 7.22. The molecule has 0 spiro atoms. The third-order valence-electron chi connectivity index (χ3n) is 5.55. The Morgan fingerprint density at radius 3 is 2.82 bits per heavy atom. The quantitative estimate of drug-likeness (QED) is 0.601. The van der Waals surface area contributed by atoms with Gasteiger partial charge in [-0.1, -0.05) is 18.0 Å². The number of aromatic nitrogens is 3. The first-order valence-corrected chi connectivity index (χ1v) is 11.5. The number of imidazole rings is 1. The van der Waals surface area contributed by atoms with Crippen LogP contribution in [-0.2, 0) is 16.2 Å². The first kappa shape index (κ1) is 23.9. The zero-order valence-corrected chi connectivity index (χ0v) is 20.0. The highest BCUT2D eigenvalue weighted by atomic mass is 16.8. The highest BCUT2D eigenvalue weighted by Gasteiger charge is 2.25. The van der Waals surface area contributed by atoms with E-state index in [2.05, 4.69) is 39.0 Å². The third kappa shape index (κ3) is 5.30. The van der Waals surface area contributed by atoms with Crippen LogP contribution in [-0.4, -0.2) is 80.6 Å². The molecule has 2 aliphatic rings. The number of oxime groups is 2. The average molecular weight is 470 g/mol. The number of likely N-dealkylation sites (N-methyl/N-ethyl adjacent to an activating group) is 1. The molecule has 2 aliphatic heterocycles. The van der Waals surface area contributed by atoms with Crippen molar-refractivity contribution in [3.63, 3.8) is 0 Å². The van der Waals surface area contributed by atoms with Gasteiger partial charge in [0, 0.05) is 19.6 Å². The molecule has 4 heterocycles. The summed E-state index contributed by atoms with van der Waals surface area (Å²) in [6, 6.07) is 0. The van der Waals surface area contributed by atoms with Crippen LogP contribution in [0.2, 0.25) is 0 Å². The Morgan fingerprint density at radius 1 is 1.29 bits per heavy atom. The number of aryl methyl sites for hydroxylation is 1. The molecular weight excluding hydrogens is 438 g/mol. The summed E-state index contributed by atoms with van der Waals surface area (Å²) < 4.78 is 14.1. The number of ether oxygens (including phenoxy) is 2. The van der Waals surface area contributed by atoms with Gasteiger partial charge in [-0.25, -0.2) is 14.9 Å². The van der Waals surface area contributed by atoms with Gasteiger partial charge in [0.25, 0.3) is 0 Å². The molecule has 11 heteroatoms. The van der Waals surface area contributed by atoms with Gasteiger partial charge in [0.1, 0.15) is 46.6 Å². The number of pyridine rings is 1. The van der Waals surface area contributed by atoms with Crippen molar-refractivity contribution in [1.29, 1.82) is 0 Å². The highest BCUT2D eigenvalue weighted by Crippen LogP contribution is 2.29. The molecule has 4 rings (SSSR count). The number of hydrogen-bond acceptors (Lipinski definition) is 10. The van der Waals surface area contributed by atoms with Crippen molar-refractivity contribution in [2.24, 2.45) is 16.0 Å². The maximum atomic E-state index is 10.1. The van der Waals surface area contributed by atoms with Gasteiger partial charge in [0.05, 0.1) is 19.2 Å². The van der Waals surface area contributed by atoms with Crippen molar-refractivity contribution in [2.45, 2.75) is 52.4 Å². The summed E-state index contributed by atoms with van der Waals surface area (Å²) in [7, 11) is 0. The fourth-order valence-electron chi connectivity index (χ4n) is 3.88. The minimum Gasteiger partial charge on any atom is -0.487 e. The molecule has 1 atom stereocenters. The van der Waals surface area contributed by atoms with Crippen molar-refractivity contribution in [2.75, 3.05) is 32.8 Å². The van der Waals surface area contributed by atoms with Gasteiger partial charge in [-0.15, -0.1) is 0 Å². The van der Waals surface area contributed by atoms with Crippen LogP contribution in [0.5, 0.6) is 5.75 Å². The summed E-state index contributed by atoms with van der Waals surface area (Å²) >= 11 is 0. The summed E-state index contributed by atoms with van der Waals surface area (Å²) in [6.07, 6.45) is 1.91. The van der Waals surface area contributed by atoms with Crippen molar-refractivity contribution in [3.8, 4) is 17.6 Å². The Hall–Kier alpha value is -3.20. The van der Waals surface area contributed by atoms with Crippen LogP contribution in [0.3, 0.4) is 0 Å². The molecule has 182 valence electrons. The molecule has 0 radical (unpaired) electrons. The number of aliphatic hydroxyl groups is 1. The highest BCUT2D eigenvalue weighted by molar-refractivity contribution is 6.11. The Labute approximate surface area is 198 Å². The number of hydrogen-bond donors (Lipinski definition) is 2. The van der Waals surface area contributed by atoms with E-state index in [9.17, 15) is 5.11 Å². The second-order valence-electron chi connectivity index (χ2n) is 8.73. The van der Waals surface area contributed by atoms with Gasteiger partial charge >= 0.3 is 0 Å². The predicted molar refractivity (Wildman–Crippen MR) is 128 cm³/mol. The number of fused-ring (bicyclic) bond motifs is 1. The van der Waals surface area contributed by atoms with E-state index in [1.54, 1.807) is 20.0 Å². The van der Waals surface area contributed by atoms with Crippen LogP contribution in [0, 0.1) is 11.8 Å². The average Bonchev–Trinajstić information content (AvgIpc) is 3.21. The zero-order valence-electron chi connectivity index (χ0n) is 20.0. The predicted octanol–water partition coefficient (Wildman–Crippen LogP) is 1.07.